The van der Waals surface area contributed by atoms with Crippen molar-refractivity contribution in [3.63, 3.8) is 0 Å². The van der Waals surface area contributed by atoms with Crippen molar-refractivity contribution in [2.24, 2.45) is 4.40 Å². The average molecular weight is 419 g/mol. The molecule has 0 unspecified atom stereocenters. The highest BCUT2D eigenvalue weighted by molar-refractivity contribution is 8.15. The summed E-state index contributed by atoms with van der Waals surface area (Å²) in [5.74, 6) is 0.779. The molecule has 1 amide bonds. The highest BCUT2D eigenvalue weighted by atomic mass is 32.2. The van der Waals surface area contributed by atoms with Gasteiger partial charge in [0.1, 0.15) is 11.5 Å². The highest BCUT2D eigenvalue weighted by Gasteiger charge is 2.33. The van der Waals surface area contributed by atoms with Crippen LogP contribution >= 0.6 is 11.8 Å². The van der Waals surface area contributed by atoms with E-state index in [1.165, 1.54) is 18.9 Å². The molecule has 10 heteroatoms. The first-order valence-corrected chi connectivity index (χ1v) is 10.8. The zero-order chi connectivity index (χ0) is 19.9. The van der Waals surface area contributed by atoms with Crippen molar-refractivity contribution in [1.82, 2.24) is 0 Å². The Balaban J connectivity index is 1.60. The van der Waals surface area contributed by atoms with Crippen LogP contribution in [0.25, 0.3) is 0 Å². The van der Waals surface area contributed by atoms with Crippen LogP contribution in [0.3, 0.4) is 0 Å². The Bertz CT molecular complexity index is 1100. The van der Waals surface area contributed by atoms with Crippen LogP contribution < -0.4 is 19.7 Å². The van der Waals surface area contributed by atoms with E-state index >= 15 is 0 Å². The minimum absolute atomic E-state index is 0.0195. The number of nitrogens with zero attached hydrogens (tertiary/aromatic N) is 2. The van der Waals surface area contributed by atoms with Crippen LogP contribution in [0.1, 0.15) is 10.4 Å². The van der Waals surface area contributed by atoms with E-state index < -0.39 is 10.0 Å². The molecule has 0 bridgehead atoms. The van der Waals surface area contributed by atoms with Crippen LogP contribution in [0.2, 0.25) is 0 Å². The average Bonchev–Trinajstić information content (AvgIpc) is 3.02. The van der Waals surface area contributed by atoms with Crippen LogP contribution in [-0.4, -0.2) is 46.0 Å². The second kappa shape index (κ2) is 7.02. The van der Waals surface area contributed by atoms with E-state index in [-0.39, 0.29) is 11.7 Å². The Morgan fingerprint density at radius 1 is 1.18 bits per heavy atom. The number of methoxy groups -OCH3 is 2. The Morgan fingerprint density at radius 2 is 2.00 bits per heavy atom. The van der Waals surface area contributed by atoms with Gasteiger partial charge in [-0.2, -0.15) is 0 Å². The standard InChI is InChI=1S/C18H17N3O5S2/c1-25-12-4-6-15(26-2)13(10-12)19-17(22)11-3-5-14-16(9-11)27-18-20-28(23,24)8-7-21(14)18/h3-6,9-10H,7-8H2,1-2H3,(H,19,22). The number of benzene rings is 2. The number of fused-ring (bicyclic) bond motifs is 3. The lowest BCUT2D eigenvalue weighted by atomic mass is 10.1. The van der Waals surface area contributed by atoms with Gasteiger partial charge in [0.05, 0.1) is 31.3 Å². The van der Waals surface area contributed by atoms with Gasteiger partial charge in [0, 0.05) is 23.1 Å². The number of amides is 1. The number of hydrogen-bond acceptors (Lipinski definition) is 7. The van der Waals surface area contributed by atoms with Gasteiger partial charge in [0.2, 0.25) is 0 Å². The normalized spacial score (nSPS) is 16.6. The first kappa shape index (κ1) is 18.6. The predicted octanol–water partition coefficient (Wildman–Crippen LogP) is 2.57. The fraction of sp³-hybridized carbons (Fsp3) is 0.222. The van der Waals surface area contributed by atoms with Crippen LogP contribution in [0.5, 0.6) is 11.5 Å². The smallest absolute Gasteiger partial charge is 0.257 e. The SMILES string of the molecule is COc1ccc(OC)c(NC(=O)c2ccc3c(c2)SC2=NS(=O)(=O)CCN23)c1. The molecule has 2 aliphatic heterocycles. The van der Waals surface area contributed by atoms with Gasteiger partial charge in [0.15, 0.2) is 5.17 Å². The van der Waals surface area contributed by atoms with Crippen molar-refractivity contribution in [3.05, 3.63) is 42.0 Å². The zero-order valence-electron chi connectivity index (χ0n) is 15.1. The molecule has 0 saturated heterocycles. The summed E-state index contributed by atoms with van der Waals surface area (Å²) >= 11 is 1.25. The molecule has 2 aromatic carbocycles. The molecule has 0 fully saturated rings. The molecule has 0 saturated carbocycles. The third kappa shape index (κ3) is 3.40. The molecule has 28 heavy (non-hydrogen) atoms. The fourth-order valence-electron chi connectivity index (χ4n) is 2.98. The van der Waals surface area contributed by atoms with Crippen molar-refractivity contribution in [3.8, 4) is 11.5 Å². The minimum Gasteiger partial charge on any atom is -0.497 e. The largest absolute Gasteiger partial charge is 0.497 e. The summed E-state index contributed by atoms with van der Waals surface area (Å²) in [6, 6.07) is 10.4. The first-order valence-electron chi connectivity index (χ1n) is 8.35. The molecular formula is C18H17N3O5S2. The number of amidine groups is 1. The topological polar surface area (TPSA) is 97.3 Å². The number of anilines is 2. The predicted molar refractivity (Wildman–Crippen MR) is 108 cm³/mol. The van der Waals surface area contributed by atoms with E-state index in [4.69, 9.17) is 9.47 Å². The summed E-state index contributed by atoms with van der Waals surface area (Å²) < 4.78 is 37.7. The van der Waals surface area contributed by atoms with Gasteiger partial charge in [-0.15, -0.1) is 4.40 Å². The lowest BCUT2D eigenvalue weighted by Gasteiger charge is -2.22. The molecule has 0 aromatic heterocycles. The molecule has 8 nitrogen and oxygen atoms in total. The number of ether oxygens (including phenoxy) is 2. The molecule has 2 heterocycles. The van der Waals surface area contributed by atoms with Gasteiger partial charge in [-0.05, 0) is 42.1 Å². The lowest BCUT2D eigenvalue weighted by molar-refractivity contribution is 0.102. The molecule has 2 aromatic rings. The zero-order valence-corrected chi connectivity index (χ0v) is 16.8. The van der Waals surface area contributed by atoms with Gasteiger partial charge in [-0.1, -0.05) is 0 Å². The molecule has 0 atom stereocenters. The number of sulfonamides is 1. The van der Waals surface area contributed by atoms with Crippen LogP contribution in [-0.2, 0) is 10.0 Å². The lowest BCUT2D eigenvalue weighted by Crippen LogP contribution is -2.35. The molecule has 146 valence electrons. The van der Waals surface area contributed by atoms with Crippen molar-refractivity contribution in [2.45, 2.75) is 4.90 Å². The van der Waals surface area contributed by atoms with E-state index in [0.29, 0.717) is 34.5 Å². The van der Waals surface area contributed by atoms with E-state index in [1.54, 1.807) is 43.5 Å². The van der Waals surface area contributed by atoms with Gasteiger partial charge < -0.3 is 19.7 Å². The van der Waals surface area contributed by atoms with E-state index in [9.17, 15) is 13.2 Å². The Kier molecular flexibility index (Phi) is 4.68. The third-order valence-corrected chi connectivity index (χ3v) is 6.70. The summed E-state index contributed by atoms with van der Waals surface area (Å²) in [6.45, 7) is 0.355. The maximum Gasteiger partial charge on any atom is 0.257 e. The quantitative estimate of drug-likeness (QED) is 0.813. The first-order chi connectivity index (χ1) is 13.4. The molecule has 0 spiro atoms. The van der Waals surface area contributed by atoms with Crippen molar-refractivity contribution in [2.75, 3.05) is 36.7 Å². The maximum atomic E-state index is 12.7. The van der Waals surface area contributed by atoms with Crippen LogP contribution in [0, 0.1) is 0 Å². The Morgan fingerprint density at radius 3 is 2.75 bits per heavy atom. The monoisotopic (exact) mass is 419 g/mol. The van der Waals surface area contributed by atoms with Gasteiger partial charge in [-0.25, -0.2) is 8.42 Å². The molecule has 4 rings (SSSR count). The van der Waals surface area contributed by atoms with E-state index in [1.807, 2.05) is 4.90 Å². The van der Waals surface area contributed by atoms with Crippen molar-refractivity contribution in [1.29, 1.82) is 0 Å². The summed E-state index contributed by atoms with van der Waals surface area (Å²) in [4.78, 5) is 15.4. The molecule has 0 radical (unpaired) electrons. The third-order valence-electron chi connectivity index (χ3n) is 4.39. The molecular weight excluding hydrogens is 402 g/mol. The van der Waals surface area contributed by atoms with E-state index in [2.05, 4.69) is 9.71 Å². The number of nitrogens with one attached hydrogen (secondary N) is 1. The molecule has 0 aliphatic carbocycles. The van der Waals surface area contributed by atoms with Gasteiger partial charge in [-0.3, -0.25) is 4.79 Å². The number of carbonyl (C=O) groups excluding carboxylic acids is 1. The number of carbonyl (C=O) groups is 1. The summed E-state index contributed by atoms with van der Waals surface area (Å²) in [6.07, 6.45) is 0. The van der Waals surface area contributed by atoms with Crippen LogP contribution in [0.15, 0.2) is 45.7 Å². The number of rotatable bonds is 4. The second-order valence-electron chi connectivity index (χ2n) is 6.12. The van der Waals surface area contributed by atoms with E-state index in [0.717, 1.165) is 10.6 Å². The summed E-state index contributed by atoms with van der Waals surface area (Å²) in [7, 11) is -0.349. The fourth-order valence-corrected chi connectivity index (χ4v) is 5.27. The van der Waals surface area contributed by atoms with Crippen molar-refractivity contribution < 1.29 is 22.7 Å². The molecule has 1 N–H and O–H groups in total. The Labute approximate surface area is 166 Å². The van der Waals surface area contributed by atoms with Gasteiger partial charge >= 0.3 is 0 Å². The second-order valence-corrected chi connectivity index (χ2v) is 8.88. The summed E-state index contributed by atoms with van der Waals surface area (Å²) in [5, 5.41) is 3.25. The molecule has 2 aliphatic rings. The Hall–Kier alpha value is -2.72. The van der Waals surface area contributed by atoms with Crippen LogP contribution in [0.4, 0.5) is 11.4 Å². The highest BCUT2D eigenvalue weighted by Crippen LogP contribution is 2.42. The van der Waals surface area contributed by atoms with Crippen molar-refractivity contribution >= 4 is 44.2 Å². The number of thioether (sulfide) groups is 1. The maximum absolute atomic E-state index is 12.7. The van der Waals surface area contributed by atoms with Gasteiger partial charge in [0.25, 0.3) is 15.9 Å². The number of hydrogen-bond donors (Lipinski definition) is 1. The minimum atomic E-state index is -3.42. The summed E-state index contributed by atoms with van der Waals surface area (Å²) in [5.41, 5.74) is 1.79.